The van der Waals surface area contributed by atoms with Crippen LogP contribution >= 0.6 is 0 Å². The first-order chi connectivity index (χ1) is 13.6. The SMILES string of the molecule is CCc1cc(Nc2cc(=O)[nH]c(=O)n2CCCCN2CCOCC2)ccc1C. The highest BCUT2D eigenvalue weighted by atomic mass is 16.5. The summed E-state index contributed by atoms with van der Waals surface area (Å²) in [5.74, 6) is 0.533. The summed E-state index contributed by atoms with van der Waals surface area (Å²) in [6.45, 7) is 9.30. The second kappa shape index (κ2) is 9.71. The van der Waals surface area contributed by atoms with Gasteiger partial charge in [0, 0.05) is 31.4 Å². The number of morpholine rings is 1. The van der Waals surface area contributed by atoms with E-state index in [0.717, 1.165) is 57.8 Å². The van der Waals surface area contributed by atoms with Gasteiger partial charge in [-0.1, -0.05) is 13.0 Å². The number of H-pyrrole nitrogens is 1. The number of aryl methyl sites for hydroxylation is 2. The number of rotatable bonds is 8. The minimum atomic E-state index is -0.389. The van der Waals surface area contributed by atoms with E-state index < -0.39 is 0 Å². The number of hydrogen-bond acceptors (Lipinski definition) is 5. The first-order valence-corrected chi connectivity index (χ1v) is 10.1. The Kier molecular flexibility index (Phi) is 7.06. The van der Waals surface area contributed by atoms with Crippen molar-refractivity contribution >= 4 is 11.5 Å². The molecule has 1 aromatic carbocycles. The van der Waals surface area contributed by atoms with E-state index in [9.17, 15) is 9.59 Å². The van der Waals surface area contributed by atoms with E-state index in [2.05, 4.69) is 41.2 Å². The van der Waals surface area contributed by atoms with E-state index >= 15 is 0 Å². The van der Waals surface area contributed by atoms with Gasteiger partial charge in [0.15, 0.2) is 0 Å². The van der Waals surface area contributed by atoms with Gasteiger partial charge in [-0.05, 0) is 56.0 Å². The fraction of sp³-hybridized carbons (Fsp3) is 0.524. The van der Waals surface area contributed by atoms with Crippen molar-refractivity contribution in [2.24, 2.45) is 0 Å². The van der Waals surface area contributed by atoms with Crippen molar-refractivity contribution in [3.63, 3.8) is 0 Å². The zero-order chi connectivity index (χ0) is 19.9. The summed E-state index contributed by atoms with van der Waals surface area (Å²) >= 11 is 0. The topological polar surface area (TPSA) is 79.4 Å². The Morgan fingerprint density at radius 2 is 1.86 bits per heavy atom. The Bertz CT molecular complexity index is 897. The second-order valence-corrected chi connectivity index (χ2v) is 7.26. The van der Waals surface area contributed by atoms with E-state index in [0.29, 0.717) is 12.4 Å². The maximum atomic E-state index is 12.4. The van der Waals surface area contributed by atoms with Crippen molar-refractivity contribution in [1.82, 2.24) is 14.5 Å². The highest BCUT2D eigenvalue weighted by Gasteiger charge is 2.11. The van der Waals surface area contributed by atoms with Crippen molar-refractivity contribution in [3.05, 3.63) is 56.2 Å². The molecule has 2 N–H and O–H groups in total. The first-order valence-electron chi connectivity index (χ1n) is 10.1. The van der Waals surface area contributed by atoms with E-state index in [1.807, 2.05) is 6.07 Å². The van der Waals surface area contributed by atoms with Crippen LogP contribution in [0.15, 0.2) is 33.9 Å². The van der Waals surface area contributed by atoms with E-state index in [4.69, 9.17) is 4.74 Å². The van der Waals surface area contributed by atoms with Crippen molar-refractivity contribution in [1.29, 1.82) is 0 Å². The number of unbranched alkanes of at least 4 members (excludes halogenated alkanes) is 1. The molecule has 1 saturated heterocycles. The number of nitrogens with one attached hydrogen (secondary N) is 2. The number of aromatic amines is 1. The Labute approximate surface area is 165 Å². The fourth-order valence-corrected chi connectivity index (χ4v) is 3.55. The molecule has 7 heteroatoms. The molecule has 2 heterocycles. The minimum absolute atomic E-state index is 0.371. The van der Waals surface area contributed by atoms with Gasteiger partial charge >= 0.3 is 5.69 Å². The molecule has 1 aromatic heterocycles. The highest BCUT2D eigenvalue weighted by molar-refractivity contribution is 5.58. The Hall–Kier alpha value is -2.38. The van der Waals surface area contributed by atoms with Crippen molar-refractivity contribution in [3.8, 4) is 0 Å². The third kappa shape index (κ3) is 5.33. The van der Waals surface area contributed by atoms with Crippen LogP contribution < -0.4 is 16.6 Å². The number of anilines is 2. The molecule has 0 amide bonds. The first kappa shape index (κ1) is 20.4. The lowest BCUT2D eigenvalue weighted by Gasteiger charge is -2.26. The van der Waals surface area contributed by atoms with Crippen LogP contribution in [0.2, 0.25) is 0 Å². The van der Waals surface area contributed by atoms with Crippen LogP contribution in [0.3, 0.4) is 0 Å². The number of ether oxygens (including phenoxy) is 1. The largest absolute Gasteiger partial charge is 0.379 e. The van der Waals surface area contributed by atoms with E-state index in [-0.39, 0.29) is 11.2 Å². The number of hydrogen-bond donors (Lipinski definition) is 2. The maximum absolute atomic E-state index is 12.4. The van der Waals surface area contributed by atoms with Crippen molar-refractivity contribution in [2.45, 2.75) is 39.7 Å². The standard InChI is InChI=1S/C21H30N4O3/c1-3-17-14-18(7-6-16(17)2)22-19-15-20(26)23-21(27)25(19)9-5-4-8-24-10-12-28-13-11-24/h6-7,14-15,22H,3-5,8-13H2,1-2H3,(H,23,26,27). The molecule has 28 heavy (non-hydrogen) atoms. The zero-order valence-electron chi connectivity index (χ0n) is 16.8. The number of aromatic nitrogens is 2. The molecule has 0 saturated carbocycles. The molecule has 0 bridgehead atoms. The van der Waals surface area contributed by atoms with Crippen LogP contribution in [0.25, 0.3) is 0 Å². The lowest BCUT2D eigenvalue weighted by molar-refractivity contribution is 0.0370. The Morgan fingerprint density at radius 1 is 1.11 bits per heavy atom. The maximum Gasteiger partial charge on any atom is 0.329 e. The van der Waals surface area contributed by atoms with Gasteiger partial charge in [-0.2, -0.15) is 0 Å². The van der Waals surface area contributed by atoms with Gasteiger partial charge in [0.2, 0.25) is 0 Å². The van der Waals surface area contributed by atoms with Crippen LogP contribution in [0.5, 0.6) is 0 Å². The molecule has 0 spiro atoms. The average molecular weight is 386 g/mol. The fourth-order valence-electron chi connectivity index (χ4n) is 3.55. The predicted octanol–water partition coefficient (Wildman–Crippen LogP) is 2.26. The molecule has 0 atom stereocenters. The third-order valence-corrected chi connectivity index (χ3v) is 5.25. The highest BCUT2D eigenvalue weighted by Crippen LogP contribution is 2.19. The van der Waals surface area contributed by atoms with Crippen LogP contribution in [-0.2, 0) is 17.7 Å². The number of benzene rings is 1. The third-order valence-electron chi connectivity index (χ3n) is 5.25. The predicted molar refractivity (Wildman–Crippen MR) is 112 cm³/mol. The Balaban J connectivity index is 1.69. The zero-order valence-corrected chi connectivity index (χ0v) is 16.8. The molecule has 2 aromatic rings. The van der Waals surface area contributed by atoms with Crippen LogP contribution in [0, 0.1) is 6.92 Å². The molecule has 0 aliphatic carbocycles. The summed E-state index contributed by atoms with van der Waals surface area (Å²) in [6.07, 6.45) is 2.80. The second-order valence-electron chi connectivity index (χ2n) is 7.26. The lowest BCUT2D eigenvalue weighted by Crippen LogP contribution is -2.37. The molecule has 1 aliphatic heterocycles. The molecule has 3 rings (SSSR count). The smallest absolute Gasteiger partial charge is 0.329 e. The molecule has 0 radical (unpaired) electrons. The summed E-state index contributed by atoms with van der Waals surface area (Å²) in [7, 11) is 0. The molecule has 0 unspecified atom stereocenters. The van der Waals surface area contributed by atoms with Crippen molar-refractivity contribution < 1.29 is 4.74 Å². The normalized spacial score (nSPS) is 14.9. The molecular formula is C21H30N4O3. The van der Waals surface area contributed by atoms with Gasteiger partial charge in [0.25, 0.3) is 5.56 Å². The molecule has 152 valence electrons. The van der Waals surface area contributed by atoms with Gasteiger partial charge in [-0.25, -0.2) is 4.79 Å². The molecule has 7 nitrogen and oxygen atoms in total. The van der Waals surface area contributed by atoms with Gasteiger partial charge in [0.1, 0.15) is 5.82 Å². The van der Waals surface area contributed by atoms with Gasteiger partial charge in [-0.15, -0.1) is 0 Å². The van der Waals surface area contributed by atoms with Gasteiger partial charge in [0.05, 0.1) is 13.2 Å². The number of nitrogens with zero attached hydrogens (tertiary/aromatic N) is 2. The monoisotopic (exact) mass is 386 g/mol. The average Bonchev–Trinajstić information content (AvgIpc) is 2.69. The quantitative estimate of drug-likeness (QED) is 0.681. The van der Waals surface area contributed by atoms with Crippen LogP contribution in [-0.4, -0.2) is 47.3 Å². The lowest BCUT2D eigenvalue weighted by atomic mass is 10.1. The van der Waals surface area contributed by atoms with Crippen LogP contribution in [0.4, 0.5) is 11.5 Å². The van der Waals surface area contributed by atoms with E-state index in [1.165, 1.54) is 17.2 Å². The van der Waals surface area contributed by atoms with Gasteiger partial charge in [-0.3, -0.25) is 19.2 Å². The van der Waals surface area contributed by atoms with Gasteiger partial charge < -0.3 is 10.1 Å². The van der Waals surface area contributed by atoms with Crippen LogP contribution in [0.1, 0.15) is 30.9 Å². The summed E-state index contributed by atoms with van der Waals surface area (Å²) in [4.78, 5) is 29.0. The summed E-state index contributed by atoms with van der Waals surface area (Å²) < 4.78 is 6.99. The van der Waals surface area contributed by atoms with Crippen molar-refractivity contribution in [2.75, 3.05) is 38.2 Å². The summed E-state index contributed by atoms with van der Waals surface area (Å²) in [5.41, 5.74) is 2.60. The van der Waals surface area contributed by atoms with E-state index in [1.54, 1.807) is 4.57 Å². The Morgan fingerprint density at radius 3 is 2.61 bits per heavy atom. The summed E-state index contributed by atoms with van der Waals surface area (Å²) in [5, 5.41) is 3.26. The molecule has 1 aliphatic rings. The minimum Gasteiger partial charge on any atom is -0.379 e. The molecule has 1 fully saturated rings. The summed E-state index contributed by atoms with van der Waals surface area (Å²) in [6, 6.07) is 7.56. The molecular weight excluding hydrogens is 356 g/mol.